The Morgan fingerprint density at radius 2 is 1.56 bits per heavy atom. The molecule has 0 spiro atoms. The molecule has 0 fully saturated rings. The molecule has 0 aromatic rings. The minimum Gasteiger partial charge on any atom is -0.162 e. The number of allylic oxidation sites excluding steroid dienone is 1. The maximum atomic E-state index is 5.49. The van der Waals surface area contributed by atoms with Gasteiger partial charge in [0.05, 0.1) is 0 Å². The van der Waals surface area contributed by atoms with E-state index in [1.54, 1.807) is 0 Å². The summed E-state index contributed by atoms with van der Waals surface area (Å²) in [5.41, 5.74) is 0. The van der Waals surface area contributed by atoms with Crippen LogP contribution in [0.1, 0.15) is 59.3 Å². The smallest absolute Gasteiger partial charge is 0.00159 e. The van der Waals surface area contributed by atoms with Crippen LogP contribution in [0, 0.1) is 18.4 Å². The second-order valence-electron chi connectivity index (χ2n) is 5.18. The summed E-state index contributed by atoms with van der Waals surface area (Å²) in [6.45, 7) is 12.4. The van der Waals surface area contributed by atoms with Gasteiger partial charge in [0.15, 0.2) is 0 Å². The second kappa shape index (κ2) is 10.3. The standard InChI is InChI=1S/C15H29S/c1-6-13(2)9-7-10-14(3)11-8-12-15(4)16-5/h1,6,13-15H,7-12H2,2-5H3. The van der Waals surface area contributed by atoms with Crippen LogP contribution in [0.4, 0.5) is 0 Å². The zero-order valence-electron chi connectivity index (χ0n) is 11.5. The lowest BCUT2D eigenvalue weighted by Crippen LogP contribution is -2.00. The van der Waals surface area contributed by atoms with Crippen LogP contribution in [0.5, 0.6) is 0 Å². The molecule has 16 heavy (non-hydrogen) atoms. The summed E-state index contributed by atoms with van der Waals surface area (Å²) in [5, 5.41) is 0.832. The average Bonchev–Trinajstić information content (AvgIpc) is 2.28. The first-order valence-corrected chi connectivity index (χ1v) is 7.96. The van der Waals surface area contributed by atoms with E-state index >= 15 is 0 Å². The van der Waals surface area contributed by atoms with E-state index in [0.29, 0.717) is 5.92 Å². The van der Waals surface area contributed by atoms with E-state index in [9.17, 15) is 0 Å². The molecule has 3 unspecified atom stereocenters. The molecule has 0 saturated heterocycles. The van der Waals surface area contributed by atoms with Gasteiger partial charge >= 0.3 is 0 Å². The van der Waals surface area contributed by atoms with Gasteiger partial charge in [0.2, 0.25) is 0 Å². The first kappa shape index (κ1) is 16.1. The third-order valence-electron chi connectivity index (χ3n) is 3.39. The number of thioether (sulfide) groups is 1. The zero-order chi connectivity index (χ0) is 12.4. The SMILES string of the molecule is [CH]=CC(C)CCCC(C)CCCC(C)SC. The molecule has 0 saturated carbocycles. The van der Waals surface area contributed by atoms with E-state index < -0.39 is 0 Å². The summed E-state index contributed by atoms with van der Waals surface area (Å²) in [6, 6.07) is 0. The molecule has 0 bridgehead atoms. The lowest BCUT2D eigenvalue weighted by molar-refractivity contribution is 0.431. The first-order chi connectivity index (χ1) is 7.60. The number of hydrogen-bond acceptors (Lipinski definition) is 1. The zero-order valence-corrected chi connectivity index (χ0v) is 12.4. The molecule has 0 aromatic carbocycles. The molecular formula is C15H29S. The fourth-order valence-corrected chi connectivity index (χ4v) is 2.30. The van der Waals surface area contributed by atoms with Gasteiger partial charge in [-0.2, -0.15) is 11.8 Å². The Bertz CT molecular complexity index is 165. The molecule has 0 aliphatic carbocycles. The van der Waals surface area contributed by atoms with Crippen molar-refractivity contribution in [1.29, 1.82) is 0 Å². The Labute approximate surface area is 107 Å². The highest BCUT2D eigenvalue weighted by Gasteiger charge is 2.05. The third-order valence-corrected chi connectivity index (χ3v) is 4.44. The molecule has 0 aromatic heterocycles. The highest BCUT2D eigenvalue weighted by Crippen LogP contribution is 2.20. The van der Waals surface area contributed by atoms with Crippen molar-refractivity contribution in [3.05, 3.63) is 12.7 Å². The van der Waals surface area contributed by atoms with E-state index in [-0.39, 0.29) is 0 Å². The maximum absolute atomic E-state index is 5.49. The fourth-order valence-electron chi connectivity index (χ4n) is 1.90. The van der Waals surface area contributed by atoms with E-state index in [4.69, 9.17) is 6.58 Å². The van der Waals surface area contributed by atoms with Gasteiger partial charge in [-0.25, -0.2) is 0 Å². The van der Waals surface area contributed by atoms with Crippen LogP contribution >= 0.6 is 11.8 Å². The highest BCUT2D eigenvalue weighted by molar-refractivity contribution is 7.99. The minimum atomic E-state index is 0.587. The van der Waals surface area contributed by atoms with E-state index in [0.717, 1.165) is 11.2 Å². The van der Waals surface area contributed by atoms with Crippen LogP contribution in [0.15, 0.2) is 6.08 Å². The van der Waals surface area contributed by atoms with E-state index in [2.05, 4.69) is 27.0 Å². The van der Waals surface area contributed by atoms with Gasteiger partial charge in [-0.15, -0.1) is 0 Å². The molecule has 0 amide bonds. The second-order valence-corrected chi connectivity index (χ2v) is 6.46. The van der Waals surface area contributed by atoms with Crippen LogP contribution in [0.2, 0.25) is 0 Å². The molecule has 0 heterocycles. The van der Waals surface area contributed by atoms with Crippen molar-refractivity contribution in [1.82, 2.24) is 0 Å². The van der Waals surface area contributed by atoms with Crippen molar-refractivity contribution >= 4 is 11.8 Å². The molecule has 0 aliphatic rings. The molecule has 3 atom stereocenters. The third kappa shape index (κ3) is 9.33. The summed E-state index contributed by atoms with van der Waals surface area (Å²) in [5.74, 6) is 1.47. The van der Waals surface area contributed by atoms with Crippen molar-refractivity contribution in [2.75, 3.05) is 6.26 Å². The van der Waals surface area contributed by atoms with Gasteiger partial charge in [-0.3, -0.25) is 0 Å². The predicted octanol–water partition coefficient (Wildman–Crippen LogP) is 5.34. The maximum Gasteiger partial charge on any atom is 0.00159 e. The summed E-state index contributed by atoms with van der Waals surface area (Å²) in [7, 11) is 0. The molecule has 95 valence electrons. The molecule has 0 aliphatic heterocycles. The van der Waals surface area contributed by atoms with Gasteiger partial charge in [-0.1, -0.05) is 59.1 Å². The van der Waals surface area contributed by atoms with Crippen LogP contribution in [-0.4, -0.2) is 11.5 Å². The Balaban J connectivity index is 3.37. The lowest BCUT2D eigenvalue weighted by atomic mass is 9.95. The van der Waals surface area contributed by atoms with Crippen molar-refractivity contribution < 1.29 is 0 Å². The largest absolute Gasteiger partial charge is 0.162 e. The van der Waals surface area contributed by atoms with Crippen LogP contribution in [0.3, 0.4) is 0 Å². The van der Waals surface area contributed by atoms with Crippen molar-refractivity contribution in [2.45, 2.75) is 64.5 Å². The number of hydrogen-bond donors (Lipinski definition) is 0. The Kier molecular flexibility index (Phi) is 10.3. The Morgan fingerprint density at radius 3 is 2.06 bits per heavy atom. The van der Waals surface area contributed by atoms with Gasteiger partial charge in [0, 0.05) is 5.25 Å². The summed E-state index contributed by atoms with van der Waals surface area (Å²) in [6.07, 6.45) is 12.1. The van der Waals surface area contributed by atoms with Crippen LogP contribution in [0.25, 0.3) is 0 Å². The molecular weight excluding hydrogens is 212 g/mol. The predicted molar refractivity (Wildman–Crippen MR) is 77.9 cm³/mol. The highest BCUT2D eigenvalue weighted by atomic mass is 32.2. The minimum absolute atomic E-state index is 0.587. The van der Waals surface area contributed by atoms with Crippen molar-refractivity contribution in [2.24, 2.45) is 11.8 Å². The lowest BCUT2D eigenvalue weighted by Gasteiger charge is -2.13. The van der Waals surface area contributed by atoms with E-state index in [1.165, 1.54) is 38.5 Å². The van der Waals surface area contributed by atoms with Crippen molar-refractivity contribution in [3.8, 4) is 0 Å². The van der Waals surface area contributed by atoms with Gasteiger partial charge < -0.3 is 0 Å². The summed E-state index contributed by atoms with van der Waals surface area (Å²) in [4.78, 5) is 0. The Morgan fingerprint density at radius 1 is 1.00 bits per heavy atom. The summed E-state index contributed by atoms with van der Waals surface area (Å²) >= 11 is 1.98. The van der Waals surface area contributed by atoms with Crippen LogP contribution in [-0.2, 0) is 0 Å². The first-order valence-electron chi connectivity index (χ1n) is 6.68. The number of rotatable bonds is 10. The molecule has 0 rings (SSSR count). The fraction of sp³-hybridized carbons (Fsp3) is 0.867. The van der Waals surface area contributed by atoms with E-state index in [1.807, 2.05) is 17.8 Å². The monoisotopic (exact) mass is 241 g/mol. The average molecular weight is 241 g/mol. The van der Waals surface area contributed by atoms with Crippen molar-refractivity contribution in [3.63, 3.8) is 0 Å². The molecule has 0 N–H and O–H groups in total. The molecule has 1 radical (unpaired) electrons. The van der Waals surface area contributed by atoms with Gasteiger partial charge in [0.25, 0.3) is 0 Å². The van der Waals surface area contributed by atoms with Crippen LogP contribution < -0.4 is 0 Å². The van der Waals surface area contributed by atoms with Gasteiger partial charge in [0.1, 0.15) is 0 Å². The normalized spacial score (nSPS) is 16.8. The van der Waals surface area contributed by atoms with Gasteiger partial charge in [-0.05, 0) is 30.9 Å². The molecule has 0 nitrogen and oxygen atoms in total. The molecule has 1 heteroatoms. The Hall–Kier alpha value is 0.0900. The topological polar surface area (TPSA) is 0 Å². The summed E-state index contributed by atoms with van der Waals surface area (Å²) < 4.78 is 0. The quantitative estimate of drug-likeness (QED) is 0.497.